The number of aromatic nitrogens is 4. The fourth-order valence-electron chi connectivity index (χ4n) is 1.92. The van der Waals surface area contributed by atoms with E-state index in [1.165, 1.54) is 10.9 Å². The van der Waals surface area contributed by atoms with Crippen molar-refractivity contribution < 1.29 is 28.8 Å². The highest BCUT2D eigenvalue weighted by molar-refractivity contribution is 7.74. The summed E-state index contributed by atoms with van der Waals surface area (Å²) < 4.78 is 23.2. The van der Waals surface area contributed by atoms with Crippen LogP contribution in [0.3, 0.4) is 0 Å². The van der Waals surface area contributed by atoms with Gasteiger partial charge in [-0.25, -0.2) is 9.78 Å². The second-order valence-electron chi connectivity index (χ2n) is 5.05. The standard InChI is InChI=1S/C12H18N5O7P/c13-11-15-9-8(10(18)16-11)14-6-17(9)7-24-4-3-23-2-1-5-25(21,22)12(19)20/h6H,1-5,7H2,(H,19,20)(H,21,22)(H3,13,15,16,18). The Morgan fingerprint density at radius 2 is 2.08 bits per heavy atom. The summed E-state index contributed by atoms with van der Waals surface area (Å²) in [6.07, 6.45) is 1.21. The molecule has 0 saturated heterocycles. The number of imidazole rings is 1. The average molecular weight is 375 g/mol. The van der Waals surface area contributed by atoms with Crippen LogP contribution in [0.1, 0.15) is 6.42 Å². The summed E-state index contributed by atoms with van der Waals surface area (Å²) in [5.74, 6) is -0.0230. The Morgan fingerprint density at radius 3 is 2.80 bits per heavy atom. The normalized spacial score (nSPS) is 13.8. The van der Waals surface area contributed by atoms with Crippen molar-refractivity contribution in [3.8, 4) is 0 Å². The van der Waals surface area contributed by atoms with Crippen molar-refractivity contribution in [1.29, 1.82) is 0 Å². The van der Waals surface area contributed by atoms with Gasteiger partial charge in [-0.2, -0.15) is 4.98 Å². The van der Waals surface area contributed by atoms with Crippen molar-refractivity contribution in [2.45, 2.75) is 13.2 Å². The molecule has 12 nitrogen and oxygen atoms in total. The first kappa shape index (κ1) is 19.1. The minimum Gasteiger partial charge on any atom is -0.474 e. The summed E-state index contributed by atoms with van der Waals surface area (Å²) in [7, 11) is -4.14. The van der Waals surface area contributed by atoms with E-state index < -0.39 is 18.6 Å². The molecular formula is C12H18N5O7P. The van der Waals surface area contributed by atoms with E-state index in [-0.39, 0.29) is 50.6 Å². The molecule has 13 heteroatoms. The Bertz CT molecular complexity index is 848. The summed E-state index contributed by atoms with van der Waals surface area (Å²) in [4.78, 5) is 41.4. The minimum atomic E-state index is -4.14. The SMILES string of the molecule is Nc1nc2c(ncn2COCCOCCCP(=O)(O)C(=O)O)c(=O)[nH]1. The Hall–Kier alpha value is -2.27. The van der Waals surface area contributed by atoms with E-state index >= 15 is 0 Å². The molecule has 0 radical (unpaired) electrons. The fourth-order valence-corrected chi connectivity index (χ4v) is 2.67. The van der Waals surface area contributed by atoms with E-state index in [0.717, 1.165) is 0 Å². The number of nitrogen functional groups attached to an aromatic ring is 1. The molecule has 0 bridgehead atoms. The van der Waals surface area contributed by atoms with Crippen molar-refractivity contribution in [2.75, 3.05) is 31.7 Å². The van der Waals surface area contributed by atoms with Crippen molar-refractivity contribution in [2.24, 2.45) is 0 Å². The third-order valence-electron chi connectivity index (χ3n) is 3.14. The Morgan fingerprint density at radius 1 is 1.36 bits per heavy atom. The molecule has 2 aromatic heterocycles. The Balaban J connectivity index is 1.68. The first-order valence-electron chi connectivity index (χ1n) is 7.22. The van der Waals surface area contributed by atoms with Crippen molar-refractivity contribution in [3.63, 3.8) is 0 Å². The van der Waals surface area contributed by atoms with Crippen LogP contribution in [0, 0.1) is 0 Å². The number of anilines is 1. The van der Waals surface area contributed by atoms with Crippen LogP contribution in [0.15, 0.2) is 11.1 Å². The zero-order valence-corrected chi connectivity index (χ0v) is 14.0. The third-order valence-corrected chi connectivity index (χ3v) is 4.66. The molecule has 0 amide bonds. The number of H-pyrrole nitrogens is 1. The first-order valence-corrected chi connectivity index (χ1v) is 9.07. The highest BCUT2D eigenvalue weighted by Crippen LogP contribution is 2.41. The number of hydrogen-bond acceptors (Lipinski definition) is 8. The first-order chi connectivity index (χ1) is 11.8. The molecule has 0 saturated carbocycles. The van der Waals surface area contributed by atoms with Crippen molar-refractivity contribution in [3.05, 3.63) is 16.7 Å². The molecule has 0 spiro atoms. The maximum atomic E-state index is 11.6. The second-order valence-corrected chi connectivity index (χ2v) is 7.28. The van der Waals surface area contributed by atoms with E-state index in [1.807, 2.05) is 0 Å². The fraction of sp³-hybridized carbons (Fsp3) is 0.500. The van der Waals surface area contributed by atoms with Gasteiger partial charge < -0.3 is 25.2 Å². The predicted octanol–water partition coefficient (Wildman–Crippen LogP) is 0.0310. The van der Waals surface area contributed by atoms with Gasteiger partial charge in [-0.05, 0) is 6.42 Å². The van der Waals surface area contributed by atoms with Crippen molar-refractivity contribution in [1.82, 2.24) is 19.5 Å². The van der Waals surface area contributed by atoms with E-state index in [1.54, 1.807) is 0 Å². The smallest absolute Gasteiger partial charge is 0.388 e. The van der Waals surface area contributed by atoms with Crippen LogP contribution in [0.5, 0.6) is 0 Å². The second kappa shape index (κ2) is 8.21. The van der Waals surface area contributed by atoms with Gasteiger partial charge in [0.05, 0.1) is 19.5 Å². The van der Waals surface area contributed by atoms with Crippen LogP contribution < -0.4 is 11.3 Å². The number of aromatic amines is 1. The lowest BCUT2D eigenvalue weighted by atomic mass is 10.5. The van der Waals surface area contributed by atoms with Gasteiger partial charge in [0, 0.05) is 12.8 Å². The summed E-state index contributed by atoms with van der Waals surface area (Å²) >= 11 is 0. The maximum Gasteiger partial charge on any atom is 0.388 e. The van der Waals surface area contributed by atoms with E-state index in [2.05, 4.69) is 15.0 Å². The molecule has 0 aliphatic carbocycles. The quantitative estimate of drug-likeness (QED) is 0.326. The molecule has 25 heavy (non-hydrogen) atoms. The number of carboxylic acid groups (broad SMARTS) is 1. The van der Waals surface area contributed by atoms with E-state index in [4.69, 9.17) is 25.2 Å². The van der Waals surface area contributed by atoms with Crippen LogP contribution >= 0.6 is 7.37 Å². The Kier molecular flexibility index (Phi) is 6.26. The topological polar surface area (TPSA) is 183 Å². The van der Waals surface area contributed by atoms with Gasteiger partial charge in [0.2, 0.25) is 5.95 Å². The number of fused-ring (bicyclic) bond motifs is 1. The van der Waals surface area contributed by atoms with Crippen LogP contribution in [-0.4, -0.2) is 61.2 Å². The zero-order chi connectivity index (χ0) is 18.4. The molecule has 2 heterocycles. The molecule has 1 unspecified atom stereocenters. The van der Waals surface area contributed by atoms with Gasteiger partial charge in [-0.15, -0.1) is 0 Å². The lowest BCUT2D eigenvalue weighted by molar-refractivity contribution is 0.0202. The van der Waals surface area contributed by atoms with Gasteiger partial charge in [-0.1, -0.05) is 0 Å². The van der Waals surface area contributed by atoms with Gasteiger partial charge >= 0.3 is 13.1 Å². The van der Waals surface area contributed by atoms with Gasteiger partial charge in [0.25, 0.3) is 5.56 Å². The summed E-state index contributed by atoms with van der Waals surface area (Å²) in [6.45, 7) is 0.656. The molecule has 0 aliphatic rings. The number of nitrogens with two attached hydrogens (primary N) is 1. The number of nitrogens with zero attached hydrogens (tertiary/aromatic N) is 3. The van der Waals surface area contributed by atoms with Crippen LogP contribution in [0.4, 0.5) is 10.7 Å². The van der Waals surface area contributed by atoms with E-state index in [9.17, 15) is 14.2 Å². The molecule has 0 aromatic carbocycles. The lowest BCUT2D eigenvalue weighted by Gasteiger charge is -2.08. The molecule has 1 atom stereocenters. The van der Waals surface area contributed by atoms with E-state index in [0.29, 0.717) is 5.65 Å². The highest BCUT2D eigenvalue weighted by atomic mass is 31.2. The van der Waals surface area contributed by atoms with Gasteiger partial charge in [0.15, 0.2) is 11.2 Å². The summed E-state index contributed by atoms with van der Waals surface area (Å²) in [6, 6.07) is 0. The zero-order valence-electron chi connectivity index (χ0n) is 13.1. The van der Waals surface area contributed by atoms with Gasteiger partial charge in [-0.3, -0.25) is 18.9 Å². The monoisotopic (exact) mass is 375 g/mol. The number of nitrogens with one attached hydrogen (secondary N) is 1. The molecule has 2 rings (SSSR count). The minimum absolute atomic E-state index is 0.0230. The molecular weight excluding hydrogens is 357 g/mol. The third kappa shape index (κ3) is 5.10. The highest BCUT2D eigenvalue weighted by Gasteiger charge is 2.27. The largest absolute Gasteiger partial charge is 0.474 e. The van der Waals surface area contributed by atoms with Crippen LogP contribution in [0.2, 0.25) is 0 Å². The maximum absolute atomic E-state index is 11.6. The lowest BCUT2D eigenvalue weighted by Crippen LogP contribution is -2.13. The van der Waals surface area contributed by atoms with Crippen LogP contribution in [-0.2, 0) is 20.8 Å². The Labute approximate surface area is 141 Å². The molecule has 0 fully saturated rings. The number of hydrogen-bond donors (Lipinski definition) is 4. The average Bonchev–Trinajstić information content (AvgIpc) is 2.93. The molecule has 138 valence electrons. The molecule has 5 N–H and O–H groups in total. The summed E-state index contributed by atoms with van der Waals surface area (Å²) in [5.41, 5.74) is 3.80. The predicted molar refractivity (Wildman–Crippen MR) is 86.7 cm³/mol. The van der Waals surface area contributed by atoms with Gasteiger partial charge in [0.1, 0.15) is 6.73 Å². The van der Waals surface area contributed by atoms with Crippen LogP contribution in [0.25, 0.3) is 11.2 Å². The number of carbonyl (C=O) groups is 1. The molecule has 2 aromatic rings. The molecule has 0 aliphatic heterocycles. The number of ether oxygens (including phenoxy) is 2. The van der Waals surface area contributed by atoms with Crippen molar-refractivity contribution >= 4 is 30.2 Å². The number of rotatable bonds is 10. The summed E-state index contributed by atoms with van der Waals surface area (Å²) in [5, 5.41) is 8.50.